The Morgan fingerprint density at radius 3 is 2.45 bits per heavy atom. The smallest absolute Gasteiger partial charge is 0.418 e. The predicted molar refractivity (Wildman–Crippen MR) is 93.3 cm³/mol. The first kappa shape index (κ1) is 16.6. The van der Waals surface area contributed by atoms with Gasteiger partial charge in [0, 0.05) is 4.47 Å². The van der Waals surface area contributed by atoms with E-state index in [9.17, 15) is 4.79 Å². The van der Waals surface area contributed by atoms with Crippen molar-refractivity contribution in [2.24, 2.45) is 0 Å². The predicted octanol–water partition coefficient (Wildman–Crippen LogP) is 5.73. The van der Waals surface area contributed by atoms with Crippen molar-refractivity contribution < 1.29 is 9.53 Å². The molecule has 22 heavy (non-hydrogen) atoms. The van der Waals surface area contributed by atoms with Crippen molar-refractivity contribution >= 4 is 33.4 Å². The van der Waals surface area contributed by atoms with Gasteiger partial charge < -0.3 is 4.74 Å². The van der Waals surface area contributed by atoms with Crippen LogP contribution in [-0.4, -0.2) is 12.7 Å². The average Bonchev–Trinajstić information content (AvgIpc) is 2.53. The molecule has 0 unspecified atom stereocenters. The summed E-state index contributed by atoms with van der Waals surface area (Å²) >= 11 is 3.44. The van der Waals surface area contributed by atoms with Crippen molar-refractivity contribution in [2.45, 2.75) is 19.3 Å². The van der Waals surface area contributed by atoms with E-state index in [1.165, 1.54) is 0 Å². The van der Waals surface area contributed by atoms with Gasteiger partial charge in [-0.3, -0.25) is 0 Å². The number of anilines is 2. The zero-order chi connectivity index (χ0) is 15.8. The lowest BCUT2D eigenvalue weighted by atomic mass is 10.2. The molecule has 0 saturated carbocycles. The Hall–Kier alpha value is -1.81. The molecule has 0 N–H and O–H groups in total. The first-order chi connectivity index (χ1) is 10.7. The number of halogens is 1. The molecule has 2 aromatic carbocycles. The highest BCUT2D eigenvalue weighted by molar-refractivity contribution is 9.10. The maximum atomic E-state index is 12.5. The van der Waals surface area contributed by atoms with Crippen LogP contribution in [0.2, 0.25) is 0 Å². The number of hydrogen-bond acceptors (Lipinski definition) is 2. The molecular weight excluding hydrogens is 342 g/mol. The van der Waals surface area contributed by atoms with Crippen LogP contribution in [0.15, 0.2) is 59.1 Å². The van der Waals surface area contributed by atoms with Gasteiger partial charge in [0.2, 0.25) is 0 Å². The highest BCUT2D eigenvalue weighted by Gasteiger charge is 2.19. The Kier molecular flexibility index (Phi) is 6.46. The second-order valence-corrected chi connectivity index (χ2v) is 5.74. The van der Waals surface area contributed by atoms with E-state index in [4.69, 9.17) is 4.74 Å². The molecule has 1 amide bonds. The van der Waals surface area contributed by atoms with Gasteiger partial charge in [-0.1, -0.05) is 60.0 Å². The molecule has 0 bridgehead atoms. The summed E-state index contributed by atoms with van der Waals surface area (Å²) in [4.78, 5) is 14.1. The largest absolute Gasteiger partial charge is 0.449 e. The minimum atomic E-state index is -0.367. The molecule has 4 heteroatoms. The Morgan fingerprint density at radius 1 is 1.05 bits per heavy atom. The van der Waals surface area contributed by atoms with E-state index < -0.39 is 0 Å². The zero-order valence-electron chi connectivity index (χ0n) is 12.4. The minimum absolute atomic E-state index is 0.367. The van der Waals surface area contributed by atoms with Crippen LogP contribution in [0, 0.1) is 6.92 Å². The van der Waals surface area contributed by atoms with Crippen LogP contribution >= 0.6 is 15.9 Å². The van der Waals surface area contributed by atoms with Gasteiger partial charge in [0.1, 0.15) is 0 Å². The molecule has 0 spiro atoms. The quantitative estimate of drug-likeness (QED) is 0.615. The Morgan fingerprint density at radius 2 is 1.77 bits per heavy atom. The second kappa shape index (κ2) is 8.59. The topological polar surface area (TPSA) is 29.5 Å². The van der Waals surface area contributed by atoms with Crippen LogP contribution in [0.3, 0.4) is 0 Å². The second-order valence-electron chi connectivity index (χ2n) is 4.83. The fraction of sp³-hybridized carbons (Fsp3) is 0.222. The van der Waals surface area contributed by atoms with Crippen LogP contribution in [0.1, 0.15) is 19.3 Å². The zero-order valence-corrected chi connectivity index (χ0v) is 14.0. The third kappa shape index (κ3) is 4.60. The Balaban J connectivity index is 2.21. The van der Waals surface area contributed by atoms with Crippen LogP contribution < -0.4 is 4.90 Å². The lowest BCUT2D eigenvalue weighted by Crippen LogP contribution is -2.27. The molecule has 0 aliphatic rings. The molecule has 115 valence electrons. The molecule has 0 heterocycles. The molecule has 0 saturated heterocycles. The number of nitrogens with zero attached hydrogens (tertiary/aromatic N) is 1. The van der Waals surface area contributed by atoms with Crippen molar-refractivity contribution in [3.63, 3.8) is 0 Å². The summed E-state index contributed by atoms with van der Waals surface area (Å²) in [7, 11) is 0. The molecule has 1 radical (unpaired) electrons. The van der Waals surface area contributed by atoms with Gasteiger partial charge in [-0.15, -0.1) is 0 Å². The SMILES string of the molecule is [CH2]CCCCOC(=O)N(c1ccccc1)c1cccc(Br)c1. The number of carbonyl (C=O) groups excluding carboxylic acids is 1. The van der Waals surface area contributed by atoms with Gasteiger partial charge in [0.15, 0.2) is 0 Å². The highest BCUT2D eigenvalue weighted by Crippen LogP contribution is 2.28. The van der Waals surface area contributed by atoms with E-state index >= 15 is 0 Å². The Bertz CT molecular complexity index is 601. The van der Waals surface area contributed by atoms with Gasteiger partial charge in [0.25, 0.3) is 0 Å². The molecule has 0 aliphatic heterocycles. The van der Waals surface area contributed by atoms with Gasteiger partial charge in [-0.2, -0.15) is 0 Å². The third-order valence-corrected chi connectivity index (χ3v) is 3.63. The van der Waals surface area contributed by atoms with Gasteiger partial charge in [-0.05, 0) is 36.8 Å². The van der Waals surface area contributed by atoms with E-state index in [1.54, 1.807) is 4.90 Å². The highest BCUT2D eigenvalue weighted by atomic mass is 79.9. The minimum Gasteiger partial charge on any atom is -0.449 e. The molecule has 2 aromatic rings. The summed E-state index contributed by atoms with van der Waals surface area (Å²) in [5.41, 5.74) is 1.55. The van der Waals surface area contributed by atoms with Gasteiger partial charge >= 0.3 is 6.09 Å². The van der Waals surface area contributed by atoms with Crippen molar-refractivity contribution in [1.82, 2.24) is 0 Å². The summed E-state index contributed by atoms with van der Waals surface area (Å²) in [6, 6.07) is 17.1. The fourth-order valence-electron chi connectivity index (χ4n) is 2.06. The number of benzene rings is 2. The van der Waals surface area contributed by atoms with Crippen LogP contribution in [0.25, 0.3) is 0 Å². The maximum absolute atomic E-state index is 12.5. The fourth-order valence-corrected chi connectivity index (χ4v) is 2.44. The number of ether oxygens (including phenoxy) is 1. The van der Waals surface area contributed by atoms with Crippen molar-refractivity contribution in [3.8, 4) is 0 Å². The first-order valence-electron chi connectivity index (χ1n) is 7.29. The monoisotopic (exact) mass is 360 g/mol. The Labute approximate surface area is 140 Å². The number of carbonyl (C=O) groups is 1. The molecule has 0 aromatic heterocycles. The molecule has 0 aliphatic carbocycles. The van der Waals surface area contributed by atoms with Crippen molar-refractivity contribution in [1.29, 1.82) is 0 Å². The molecule has 3 nitrogen and oxygen atoms in total. The van der Waals surface area contributed by atoms with Crippen molar-refractivity contribution in [2.75, 3.05) is 11.5 Å². The van der Waals surface area contributed by atoms with E-state index in [-0.39, 0.29) is 6.09 Å². The standard InChI is InChI=1S/C18H19BrNO2/c1-2-3-7-13-22-18(21)20(16-10-5-4-6-11-16)17-12-8-9-15(19)14-17/h4-6,8-12,14H,1-3,7,13H2. The number of rotatable bonds is 6. The lowest BCUT2D eigenvalue weighted by molar-refractivity contribution is 0.154. The third-order valence-electron chi connectivity index (χ3n) is 3.13. The maximum Gasteiger partial charge on any atom is 0.418 e. The summed E-state index contributed by atoms with van der Waals surface area (Å²) in [5.74, 6) is 0. The molecule has 0 atom stereocenters. The van der Waals surface area contributed by atoms with E-state index in [2.05, 4.69) is 22.9 Å². The molecule has 0 fully saturated rings. The first-order valence-corrected chi connectivity index (χ1v) is 8.08. The summed E-state index contributed by atoms with van der Waals surface area (Å²) in [6.07, 6.45) is 2.27. The summed E-state index contributed by atoms with van der Waals surface area (Å²) in [6.45, 7) is 4.19. The summed E-state index contributed by atoms with van der Waals surface area (Å²) in [5, 5.41) is 0. The normalized spacial score (nSPS) is 10.3. The van der Waals surface area contributed by atoms with Crippen LogP contribution in [0.5, 0.6) is 0 Å². The summed E-state index contributed by atoms with van der Waals surface area (Å²) < 4.78 is 6.31. The van der Waals surface area contributed by atoms with E-state index in [0.29, 0.717) is 6.61 Å². The number of hydrogen-bond donors (Lipinski definition) is 0. The number of para-hydroxylation sites is 1. The van der Waals surface area contributed by atoms with Gasteiger partial charge in [0.05, 0.1) is 18.0 Å². The number of amides is 1. The van der Waals surface area contributed by atoms with Gasteiger partial charge in [-0.25, -0.2) is 9.69 Å². The molecule has 2 rings (SSSR count). The average molecular weight is 361 g/mol. The van der Waals surface area contributed by atoms with E-state index in [0.717, 1.165) is 35.1 Å². The van der Waals surface area contributed by atoms with Crippen molar-refractivity contribution in [3.05, 3.63) is 66.0 Å². The molecular formula is C18H19BrNO2. The van der Waals surface area contributed by atoms with Crippen LogP contribution in [0.4, 0.5) is 16.2 Å². The number of unbranched alkanes of at least 4 members (excludes halogenated alkanes) is 2. The van der Waals surface area contributed by atoms with E-state index in [1.807, 2.05) is 54.6 Å². The lowest BCUT2D eigenvalue weighted by Gasteiger charge is -2.22. The van der Waals surface area contributed by atoms with Crippen LogP contribution in [-0.2, 0) is 4.74 Å².